The number of para-hydroxylation sites is 1. The minimum Gasteiger partial charge on any atom is -0.497 e. The highest BCUT2D eigenvalue weighted by Gasteiger charge is 2.10. The third kappa shape index (κ3) is 4.61. The fourth-order valence-electron chi connectivity index (χ4n) is 2.49. The summed E-state index contributed by atoms with van der Waals surface area (Å²) >= 11 is 0. The summed E-state index contributed by atoms with van der Waals surface area (Å²) in [6, 6.07) is 19.9. The largest absolute Gasteiger partial charge is 0.497 e. The van der Waals surface area contributed by atoms with Gasteiger partial charge in [0.2, 0.25) is 0 Å². The molecule has 6 nitrogen and oxygen atoms in total. The van der Waals surface area contributed by atoms with Crippen LogP contribution in [0.1, 0.15) is 21.5 Å². The van der Waals surface area contributed by atoms with Gasteiger partial charge in [-0.1, -0.05) is 24.3 Å². The van der Waals surface area contributed by atoms with E-state index in [1.165, 1.54) is 0 Å². The van der Waals surface area contributed by atoms with Gasteiger partial charge in [0, 0.05) is 18.3 Å². The molecule has 134 valence electrons. The predicted molar refractivity (Wildman–Crippen MR) is 104 cm³/mol. The SMILES string of the molecule is COc1ccc(CNc2cc(C(=O)Nc3ccccc3C#N)ccn2)cc1. The van der Waals surface area contributed by atoms with E-state index in [9.17, 15) is 4.79 Å². The van der Waals surface area contributed by atoms with Gasteiger partial charge in [-0.25, -0.2) is 4.98 Å². The minimum absolute atomic E-state index is 0.299. The van der Waals surface area contributed by atoms with Crippen molar-refractivity contribution in [3.63, 3.8) is 0 Å². The molecular formula is C21H18N4O2. The van der Waals surface area contributed by atoms with E-state index in [4.69, 9.17) is 10.00 Å². The van der Waals surface area contributed by atoms with Crippen molar-refractivity contribution in [3.8, 4) is 11.8 Å². The third-order valence-electron chi connectivity index (χ3n) is 3.95. The van der Waals surface area contributed by atoms with Gasteiger partial charge < -0.3 is 15.4 Å². The quantitative estimate of drug-likeness (QED) is 0.699. The zero-order valence-electron chi connectivity index (χ0n) is 14.8. The summed E-state index contributed by atoms with van der Waals surface area (Å²) in [7, 11) is 1.63. The van der Waals surface area contributed by atoms with E-state index in [1.54, 1.807) is 49.7 Å². The number of ether oxygens (including phenoxy) is 1. The zero-order valence-corrected chi connectivity index (χ0v) is 14.8. The van der Waals surface area contributed by atoms with Crippen molar-refractivity contribution in [3.05, 3.63) is 83.6 Å². The minimum atomic E-state index is -0.299. The number of nitrogens with one attached hydrogen (secondary N) is 2. The summed E-state index contributed by atoms with van der Waals surface area (Å²) in [5, 5.41) is 15.1. The van der Waals surface area contributed by atoms with Crippen molar-refractivity contribution in [1.29, 1.82) is 5.26 Å². The van der Waals surface area contributed by atoms with Gasteiger partial charge in [0.05, 0.1) is 18.4 Å². The van der Waals surface area contributed by atoms with Gasteiger partial charge >= 0.3 is 0 Å². The molecule has 0 aliphatic carbocycles. The van der Waals surface area contributed by atoms with E-state index in [-0.39, 0.29) is 5.91 Å². The molecule has 0 unspecified atom stereocenters. The molecule has 3 aromatic rings. The number of hydrogen-bond donors (Lipinski definition) is 2. The van der Waals surface area contributed by atoms with Gasteiger partial charge in [0.1, 0.15) is 17.6 Å². The highest BCUT2D eigenvalue weighted by atomic mass is 16.5. The molecule has 1 aromatic heterocycles. The summed E-state index contributed by atoms with van der Waals surface area (Å²) in [6.45, 7) is 0.569. The Bertz CT molecular complexity index is 978. The first-order valence-corrected chi connectivity index (χ1v) is 8.33. The Hall–Kier alpha value is -3.85. The fourth-order valence-corrected chi connectivity index (χ4v) is 2.49. The number of amides is 1. The molecule has 0 saturated carbocycles. The molecule has 2 N–H and O–H groups in total. The average molecular weight is 358 g/mol. The first-order chi connectivity index (χ1) is 13.2. The maximum atomic E-state index is 12.5. The summed E-state index contributed by atoms with van der Waals surface area (Å²) in [5.41, 5.74) is 2.41. The zero-order chi connectivity index (χ0) is 19.1. The summed E-state index contributed by atoms with van der Waals surface area (Å²) in [5.74, 6) is 1.09. The second-order valence-electron chi connectivity index (χ2n) is 5.74. The van der Waals surface area contributed by atoms with Crippen molar-refractivity contribution in [2.45, 2.75) is 6.54 Å². The van der Waals surface area contributed by atoms with Crippen molar-refractivity contribution < 1.29 is 9.53 Å². The standard InChI is InChI=1S/C21H18N4O2/c1-27-18-8-6-15(7-9-18)14-24-20-12-16(10-11-23-20)21(26)25-19-5-3-2-4-17(19)13-22/h2-12H,14H2,1H3,(H,23,24)(H,25,26). The summed E-state index contributed by atoms with van der Waals surface area (Å²) < 4.78 is 5.14. The molecule has 0 atom stereocenters. The third-order valence-corrected chi connectivity index (χ3v) is 3.95. The van der Waals surface area contributed by atoms with E-state index in [1.807, 2.05) is 24.3 Å². The summed E-state index contributed by atoms with van der Waals surface area (Å²) in [4.78, 5) is 16.7. The molecule has 0 fully saturated rings. The molecule has 6 heteroatoms. The number of aromatic nitrogens is 1. The van der Waals surface area contributed by atoms with Crippen molar-refractivity contribution in [2.75, 3.05) is 17.7 Å². The van der Waals surface area contributed by atoms with Crippen LogP contribution in [0.4, 0.5) is 11.5 Å². The fraction of sp³-hybridized carbons (Fsp3) is 0.0952. The maximum absolute atomic E-state index is 12.5. The van der Waals surface area contributed by atoms with Crippen LogP contribution in [0.3, 0.4) is 0 Å². The number of pyridine rings is 1. The molecule has 1 amide bonds. The second kappa shape index (κ2) is 8.50. The molecule has 0 aliphatic rings. The Morgan fingerprint density at radius 2 is 1.93 bits per heavy atom. The lowest BCUT2D eigenvalue weighted by atomic mass is 10.1. The molecule has 0 spiro atoms. The van der Waals surface area contributed by atoms with Crippen LogP contribution in [0.15, 0.2) is 66.9 Å². The number of carbonyl (C=O) groups is 1. The number of hydrogen-bond acceptors (Lipinski definition) is 5. The highest BCUT2D eigenvalue weighted by Crippen LogP contribution is 2.17. The number of anilines is 2. The molecule has 1 heterocycles. The lowest BCUT2D eigenvalue weighted by Crippen LogP contribution is -2.13. The average Bonchev–Trinajstić information content (AvgIpc) is 2.73. The van der Waals surface area contributed by atoms with E-state index >= 15 is 0 Å². The number of carbonyl (C=O) groups excluding carboxylic acids is 1. The van der Waals surface area contributed by atoms with Crippen molar-refractivity contribution in [2.24, 2.45) is 0 Å². The number of benzene rings is 2. The molecule has 3 rings (SSSR count). The van der Waals surface area contributed by atoms with Gasteiger partial charge in [-0.3, -0.25) is 4.79 Å². The maximum Gasteiger partial charge on any atom is 0.255 e. The van der Waals surface area contributed by atoms with Crippen LogP contribution in [-0.4, -0.2) is 18.0 Å². The Morgan fingerprint density at radius 3 is 2.67 bits per heavy atom. The Balaban J connectivity index is 1.67. The van der Waals surface area contributed by atoms with Gasteiger partial charge in [-0.15, -0.1) is 0 Å². The van der Waals surface area contributed by atoms with Crippen molar-refractivity contribution >= 4 is 17.4 Å². The molecule has 0 saturated heterocycles. The van der Waals surface area contributed by atoms with Crippen LogP contribution in [0.25, 0.3) is 0 Å². The molecule has 0 radical (unpaired) electrons. The van der Waals surface area contributed by atoms with Crippen LogP contribution in [0.5, 0.6) is 5.75 Å². The summed E-state index contributed by atoms with van der Waals surface area (Å²) in [6.07, 6.45) is 1.57. The topological polar surface area (TPSA) is 87.0 Å². The molecule has 0 bridgehead atoms. The Kier molecular flexibility index (Phi) is 5.65. The van der Waals surface area contributed by atoms with Crippen LogP contribution in [-0.2, 0) is 6.54 Å². The second-order valence-corrected chi connectivity index (χ2v) is 5.74. The van der Waals surface area contributed by atoms with Crippen LogP contribution in [0, 0.1) is 11.3 Å². The van der Waals surface area contributed by atoms with E-state index in [0.717, 1.165) is 11.3 Å². The van der Waals surface area contributed by atoms with Crippen LogP contribution < -0.4 is 15.4 Å². The first kappa shape index (κ1) is 18.0. The molecule has 0 aliphatic heterocycles. The number of methoxy groups -OCH3 is 1. The van der Waals surface area contributed by atoms with Gasteiger partial charge in [-0.05, 0) is 42.0 Å². The highest BCUT2D eigenvalue weighted by molar-refractivity contribution is 6.05. The molecular weight excluding hydrogens is 340 g/mol. The van der Waals surface area contributed by atoms with E-state index < -0.39 is 0 Å². The van der Waals surface area contributed by atoms with E-state index in [0.29, 0.717) is 29.2 Å². The van der Waals surface area contributed by atoms with Gasteiger partial charge in [0.25, 0.3) is 5.91 Å². The predicted octanol–water partition coefficient (Wildman–Crippen LogP) is 3.83. The molecule has 2 aromatic carbocycles. The lowest BCUT2D eigenvalue weighted by molar-refractivity contribution is 0.102. The number of nitriles is 1. The molecule has 27 heavy (non-hydrogen) atoms. The number of rotatable bonds is 6. The lowest BCUT2D eigenvalue weighted by Gasteiger charge is -2.09. The van der Waals surface area contributed by atoms with Gasteiger partial charge in [-0.2, -0.15) is 5.26 Å². The Labute approximate surface area is 157 Å². The Morgan fingerprint density at radius 1 is 1.15 bits per heavy atom. The smallest absolute Gasteiger partial charge is 0.255 e. The van der Waals surface area contributed by atoms with E-state index in [2.05, 4.69) is 21.7 Å². The monoisotopic (exact) mass is 358 g/mol. The number of nitrogens with zero attached hydrogens (tertiary/aromatic N) is 2. The van der Waals surface area contributed by atoms with Crippen LogP contribution in [0.2, 0.25) is 0 Å². The van der Waals surface area contributed by atoms with Crippen LogP contribution >= 0.6 is 0 Å². The van der Waals surface area contributed by atoms with Crippen molar-refractivity contribution in [1.82, 2.24) is 4.98 Å². The van der Waals surface area contributed by atoms with Gasteiger partial charge in [0.15, 0.2) is 0 Å². The normalized spacial score (nSPS) is 9.93. The first-order valence-electron chi connectivity index (χ1n) is 8.33.